The summed E-state index contributed by atoms with van der Waals surface area (Å²) in [7, 11) is 0. The summed E-state index contributed by atoms with van der Waals surface area (Å²) in [4.78, 5) is 12.2. The topological polar surface area (TPSA) is 29.1 Å². The maximum Gasteiger partial charge on any atom is 0.251 e. The van der Waals surface area contributed by atoms with Crippen LogP contribution >= 0.6 is 15.9 Å². The summed E-state index contributed by atoms with van der Waals surface area (Å²) in [6, 6.07) is 17.5. The molecular formula is C16H16BrNO. The van der Waals surface area contributed by atoms with E-state index in [2.05, 4.69) is 28.2 Å². The summed E-state index contributed by atoms with van der Waals surface area (Å²) < 4.78 is 0.971. The second-order valence-corrected chi connectivity index (χ2v) is 5.27. The van der Waals surface area contributed by atoms with Gasteiger partial charge in [0.1, 0.15) is 0 Å². The van der Waals surface area contributed by atoms with Crippen LogP contribution in [-0.2, 0) is 0 Å². The average molecular weight is 318 g/mol. The molecule has 98 valence electrons. The van der Waals surface area contributed by atoms with E-state index in [-0.39, 0.29) is 11.9 Å². The fraction of sp³-hybridized carbons (Fsp3) is 0.188. The summed E-state index contributed by atoms with van der Waals surface area (Å²) in [6.07, 6.45) is 0.867. The molecule has 3 heteroatoms. The summed E-state index contributed by atoms with van der Waals surface area (Å²) in [5.74, 6) is -0.0387. The van der Waals surface area contributed by atoms with Crippen molar-refractivity contribution in [2.24, 2.45) is 0 Å². The normalized spacial score (nSPS) is 11.9. The van der Waals surface area contributed by atoms with Gasteiger partial charge in [-0.25, -0.2) is 0 Å². The quantitative estimate of drug-likeness (QED) is 0.893. The minimum absolute atomic E-state index is 0.0387. The number of carbonyl (C=O) groups is 1. The van der Waals surface area contributed by atoms with Crippen LogP contribution in [-0.4, -0.2) is 5.91 Å². The van der Waals surface area contributed by atoms with Crippen LogP contribution in [0.25, 0.3) is 0 Å². The van der Waals surface area contributed by atoms with E-state index in [4.69, 9.17) is 0 Å². The number of hydrogen-bond acceptors (Lipinski definition) is 1. The zero-order valence-electron chi connectivity index (χ0n) is 10.8. The zero-order valence-corrected chi connectivity index (χ0v) is 12.4. The van der Waals surface area contributed by atoms with Crippen molar-refractivity contribution in [3.05, 3.63) is 70.2 Å². The predicted octanol–water partition coefficient (Wildman–Crippen LogP) is 4.33. The first-order chi connectivity index (χ1) is 9.20. The minimum atomic E-state index is -0.0387. The molecule has 1 unspecified atom stereocenters. The van der Waals surface area contributed by atoms with Crippen LogP contribution < -0.4 is 5.32 Å². The molecule has 2 nitrogen and oxygen atoms in total. The fourth-order valence-electron chi connectivity index (χ4n) is 1.95. The van der Waals surface area contributed by atoms with E-state index in [0.717, 1.165) is 16.5 Å². The first kappa shape index (κ1) is 13.8. The molecular weight excluding hydrogens is 302 g/mol. The van der Waals surface area contributed by atoms with Crippen LogP contribution in [0.15, 0.2) is 59.1 Å². The van der Waals surface area contributed by atoms with Crippen molar-refractivity contribution >= 4 is 21.8 Å². The Bertz CT molecular complexity index is 536. The molecule has 0 spiro atoms. The molecule has 2 aromatic carbocycles. The van der Waals surface area contributed by atoms with Gasteiger partial charge in [-0.05, 0) is 36.2 Å². The largest absolute Gasteiger partial charge is 0.345 e. The van der Waals surface area contributed by atoms with Crippen LogP contribution in [0.1, 0.15) is 35.3 Å². The number of halogens is 1. The van der Waals surface area contributed by atoms with Crippen molar-refractivity contribution < 1.29 is 4.79 Å². The van der Waals surface area contributed by atoms with E-state index in [1.807, 2.05) is 54.6 Å². The maximum absolute atomic E-state index is 12.2. The molecule has 0 aliphatic carbocycles. The van der Waals surface area contributed by atoms with Gasteiger partial charge in [-0.1, -0.05) is 53.2 Å². The lowest BCUT2D eigenvalue weighted by molar-refractivity contribution is 0.0935. The number of nitrogens with one attached hydrogen (secondary N) is 1. The van der Waals surface area contributed by atoms with E-state index >= 15 is 0 Å². The van der Waals surface area contributed by atoms with Crippen LogP contribution in [0.3, 0.4) is 0 Å². The Balaban J connectivity index is 2.10. The zero-order chi connectivity index (χ0) is 13.7. The number of hydrogen-bond donors (Lipinski definition) is 1. The Labute approximate surface area is 122 Å². The second-order valence-electron chi connectivity index (χ2n) is 4.35. The van der Waals surface area contributed by atoms with Gasteiger partial charge in [-0.2, -0.15) is 0 Å². The molecule has 1 amide bonds. The Kier molecular flexibility index (Phi) is 4.74. The Hall–Kier alpha value is -1.61. The van der Waals surface area contributed by atoms with E-state index < -0.39 is 0 Å². The first-order valence-corrected chi connectivity index (χ1v) is 7.11. The number of amides is 1. The predicted molar refractivity (Wildman–Crippen MR) is 81.1 cm³/mol. The third-order valence-electron chi connectivity index (χ3n) is 3.02. The lowest BCUT2D eigenvalue weighted by Crippen LogP contribution is -2.28. The molecule has 0 aliphatic rings. The maximum atomic E-state index is 12.2. The van der Waals surface area contributed by atoms with E-state index in [9.17, 15) is 4.79 Å². The summed E-state index contributed by atoms with van der Waals surface area (Å²) in [6.45, 7) is 2.07. The Morgan fingerprint density at radius 3 is 2.32 bits per heavy atom. The van der Waals surface area contributed by atoms with Crippen LogP contribution in [0, 0.1) is 0 Å². The van der Waals surface area contributed by atoms with Gasteiger partial charge in [0.25, 0.3) is 5.91 Å². The molecule has 0 radical (unpaired) electrons. The summed E-state index contributed by atoms with van der Waals surface area (Å²) >= 11 is 3.36. The van der Waals surface area contributed by atoms with Crippen molar-refractivity contribution in [2.75, 3.05) is 0 Å². The molecule has 0 fully saturated rings. The van der Waals surface area contributed by atoms with Crippen molar-refractivity contribution in [2.45, 2.75) is 19.4 Å². The van der Waals surface area contributed by atoms with Crippen molar-refractivity contribution in [3.63, 3.8) is 0 Å². The molecule has 0 heterocycles. The van der Waals surface area contributed by atoms with E-state index in [0.29, 0.717) is 5.56 Å². The van der Waals surface area contributed by atoms with Crippen molar-refractivity contribution in [1.29, 1.82) is 0 Å². The average Bonchev–Trinajstić information content (AvgIpc) is 2.46. The summed E-state index contributed by atoms with van der Waals surface area (Å²) in [5.41, 5.74) is 1.81. The third kappa shape index (κ3) is 3.67. The lowest BCUT2D eigenvalue weighted by atomic mass is 10.0. The van der Waals surface area contributed by atoms with Crippen molar-refractivity contribution in [3.8, 4) is 0 Å². The molecule has 2 aromatic rings. The van der Waals surface area contributed by atoms with Crippen LogP contribution in [0.2, 0.25) is 0 Å². The van der Waals surface area contributed by atoms with Gasteiger partial charge in [0.05, 0.1) is 6.04 Å². The van der Waals surface area contributed by atoms with Gasteiger partial charge in [0.15, 0.2) is 0 Å². The molecule has 19 heavy (non-hydrogen) atoms. The fourth-order valence-corrected chi connectivity index (χ4v) is 2.21. The SMILES string of the molecule is CCC(NC(=O)c1ccc(Br)cc1)c1ccccc1. The molecule has 1 atom stereocenters. The van der Waals surface area contributed by atoms with Gasteiger partial charge in [0.2, 0.25) is 0 Å². The summed E-state index contributed by atoms with van der Waals surface area (Å²) in [5, 5.41) is 3.06. The highest BCUT2D eigenvalue weighted by Gasteiger charge is 2.13. The Morgan fingerprint density at radius 2 is 1.74 bits per heavy atom. The molecule has 2 rings (SSSR count). The number of rotatable bonds is 4. The first-order valence-electron chi connectivity index (χ1n) is 6.32. The van der Waals surface area contributed by atoms with Crippen LogP contribution in [0.5, 0.6) is 0 Å². The van der Waals surface area contributed by atoms with Gasteiger partial charge < -0.3 is 5.32 Å². The molecule has 0 saturated carbocycles. The van der Waals surface area contributed by atoms with Crippen molar-refractivity contribution in [1.82, 2.24) is 5.32 Å². The highest BCUT2D eigenvalue weighted by atomic mass is 79.9. The molecule has 0 bridgehead atoms. The minimum Gasteiger partial charge on any atom is -0.345 e. The third-order valence-corrected chi connectivity index (χ3v) is 3.55. The Morgan fingerprint density at radius 1 is 1.11 bits per heavy atom. The molecule has 0 saturated heterocycles. The lowest BCUT2D eigenvalue weighted by Gasteiger charge is -2.17. The van der Waals surface area contributed by atoms with Crippen LogP contribution in [0.4, 0.5) is 0 Å². The van der Waals surface area contributed by atoms with Gasteiger partial charge in [0, 0.05) is 10.0 Å². The number of carbonyl (C=O) groups excluding carboxylic acids is 1. The molecule has 1 N–H and O–H groups in total. The smallest absolute Gasteiger partial charge is 0.251 e. The molecule has 0 aromatic heterocycles. The second kappa shape index (κ2) is 6.53. The van der Waals surface area contributed by atoms with Gasteiger partial charge in [-0.15, -0.1) is 0 Å². The highest BCUT2D eigenvalue weighted by Crippen LogP contribution is 2.17. The van der Waals surface area contributed by atoms with E-state index in [1.165, 1.54) is 0 Å². The van der Waals surface area contributed by atoms with E-state index in [1.54, 1.807) is 0 Å². The van der Waals surface area contributed by atoms with Gasteiger partial charge in [-0.3, -0.25) is 4.79 Å². The standard InChI is InChI=1S/C16H16BrNO/c1-2-15(12-6-4-3-5-7-12)18-16(19)13-8-10-14(17)11-9-13/h3-11,15H,2H2,1H3,(H,18,19). The highest BCUT2D eigenvalue weighted by molar-refractivity contribution is 9.10. The molecule has 0 aliphatic heterocycles. The number of benzene rings is 2. The monoisotopic (exact) mass is 317 g/mol. The van der Waals surface area contributed by atoms with Gasteiger partial charge >= 0.3 is 0 Å².